The predicted molar refractivity (Wildman–Crippen MR) is 72.5 cm³/mol. The van der Waals surface area contributed by atoms with Gasteiger partial charge in [-0.15, -0.1) is 0 Å². The first-order chi connectivity index (χ1) is 8.47. The molecule has 0 radical (unpaired) electrons. The Morgan fingerprint density at radius 2 is 1.89 bits per heavy atom. The fourth-order valence-electron chi connectivity index (χ4n) is 1.40. The first-order valence-electron chi connectivity index (χ1n) is 6.13. The van der Waals surface area contributed by atoms with Gasteiger partial charge in [-0.3, -0.25) is 0 Å². The van der Waals surface area contributed by atoms with E-state index in [0.717, 1.165) is 11.3 Å². The van der Waals surface area contributed by atoms with Gasteiger partial charge in [-0.25, -0.2) is 4.79 Å². The van der Waals surface area contributed by atoms with E-state index in [1.165, 1.54) is 6.08 Å². The zero-order valence-electron chi connectivity index (χ0n) is 11.3. The van der Waals surface area contributed by atoms with E-state index in [9.17, 15) is 4.79 Å². The molecule has 0 fully saturated rings. The summed E-state index contributed by atoms with van der Waals surface area (Å²) in [5.74, 6) is 0.463. The van der Waals surface area contributed by atoms with Crippen molar-refractivity contribution in [2.75, 3.05) is 0 Å². The topological polar surface area (TPSA) is 35.5 Å². The summed E-state index contributed by atoms with van der Waals surface area (Å²) in [6.07, 6.45) is 3.18. The van der Waals surface area contributed by atoms with Gasteiger partial charge in [0.2, 0.25) is 0 Å². The minimum atomic E-state index is -0.333. The van der Waals surface area contributed by atoms with Gasteiger partial charge in [0.1, 0.15) is 5.75 Å². The van der Waals surface area contributed by atoms with Crippen molar-refractivity contribution in [3.63, 3.8) is 0 Å². The number of hydrogen-bond acceptors (Lipinski definition) is 3. The van der Waals surface area contributed by atoms with Crippen LogP contribution in [0.3, 0.4) is 0 Å². The molecule has 0 amide bonds. The summed E-state index contributed by atoms with van der Waals surface area (Å²) in [4.78, 5) is 11.3. The minimum absolute atomic E-state index is 0.0993. The summed E-state index contributed by atoms with van der Waals surface area (Å²) in [5, 5.41) is 0. The van der Waals surface area contributed by atoms with E-state index in [2.05, 4.69) is 0 Å². The van der Waals surface area contributed by atoms with Crippen molar-refractivity contribution in [1.29, 1.82) is 0 Å². The number of rotatable bonds is 5. The van der Waals surface area contributed by atoms with E-state index in [1.54, 1.807) is 6.08 Å². The molecule has 1 aromatic rings. The van der Waals surface area contributed by atoms with Crippen LogP contribution in [0.2, 0.25) is 0 Å². The van der Waals surface area contributed by atoms with E-state index in [1.807, 2.05) is 52.0 Å². The smallest absolute Gasteiger partial charge is 0.331 e. The van der Waals surface area contributed by atoms with E-state index in [-0.39, 0.29) is 18.2 Å². The van der Waals surface area contributed by atoms with Crippen LogP contribution >= 0.6 is 0 Å². The van der Waals surface area contributed by atoms with Crippen molar-refractivity contribution in [2.24, 2.45) is 0 Å². The molecule has 0 aliphatic rings. The van der Waals surface area contributed by atoms with Gasteiger partial charge in [0.05, 0.1) is 12.2 Å². The van der Waals surface area contributed by atoms with Crippen molar-refractivity contribution >= 4 is 12.0 Å². The summed E-state index contributed by atoms with van der Waals surface area (Å²) < 4.78 is 10.6. The molecule has 0 unspecified atom stereocenters. The van der Waals surface area contributed by atoms with E-state index in [0.29, 0.717) is 0 Å². The number of carbonyl (C=O) groups excluding carboxylic acids is 1. The SMILES string of the molecule is CC(C)OC(=O)/C=C/c1cccc(OC(C)C)c1. The van der Waals surface area contributed by atoms with E-state index >= 15 is 0 Å². The first-order valence-corrected chi connectivity index (χ1v) is 6.13. The lowest BCUT2D eigenvalue weighted by Crippen LogP contribution is -2.08. The molecule has 0 spiro atoms. The second-order valence-corrected chi connectivity index (χ2v) is 4.56. The lowest BCUT2D eigenvalue weighted by molar-refractivity contribution is -0.141. The van der Waals surface area contributed by atoms with Crippen molar-refractivity contribution in [2.45, 2.75) is 39.9 Å². The molecule has 98 valence electrons. The minimum Gasteiger partial charge on any atom is -0.491 e. The van der Waals surface area contributed by atoms with Crippen LogP contribution in [-0.4, -0.2) is 18.2 Å². The molecule has 18 heavy (non-hydrogen) atoms. The van der Waals surface area contributed by atoms with Crippen LogP contribution in [-0.2, 0) is 9.53 Å². The predicted octanol–water partition coefficient (Wildman–Crippen LogP) is 3.44. The number of benzene rings is 1. The Kier molecular flexibility index (Phi) is 5.43. The molecular formula is C15H20O3. The highest BCUT2D eigenvalue weighted by molar-refractivity contribution is 5.87. The summed E-state index contributed by atoms with van der Waals surface area (Å²) >= 11 is 0. The molecule has 3 heteroatoms. The van der Waals surface area contributed by atoms with E-state index < -0.39 is 0 Å². The van der Waals surface area contributed by atoms with Crippen LogP contribution in [0, 0.1) is 0 Å². The third-order valence-electron chi connectivity index (χ3n) is 1.99. The maximum Gasteiger partial charge on any atom is 0.331 e. The second kappa shape index (κ2) is 6.84. The van der Waals surface area contributed by atoms with Crippen LogP contribution in [0.4, 0.5) is 0 Å². The monoisotopic (exact) mass is 248 g/mol. The van der Waals surface area contributed by atoms with Crippen LogP contribution in [0.5, 0.6) is 5.75 Å². The van der Waals surface area contributed by atoms with Gasteiger partial charge >= 0.3 is 5.97 Å². The molecule has 0 N–H and O–H groups in total. The first kappa shape index (κ1) is 14.3. The number of hydrogen-bond donors (Lipinski definition) is 0. The van der Waals surface area contributed by atoms with Crippen LogP contribution in [0.25, 0.3) is 6.08 Å². The Balaban J connectivity index is 2.67. The number of carbonyl (C=O) groups is 1. The zero-order chi connectivity index (χ0) is 13.5. The van der Waals surface area contributed by atoms with Gasteiger partial charge in [0, 0.05) is 6.08 Å². The zero-order valence-corrected chi connectivity index (χ0v) is 11.3. The van der Waals surface area contributed by atoms with E-state index in [4.69, 9.17) is 9.47 Å². The van der Waals surface area contributed by atoms with Gasteiger partial charge in [-0.1, -0.05) is 12.1 Å². The Labute approximate surface area is 108 Å². The average Bonchev–Trinajstić information content (AvgIpc) is 2.25. The largest absolute Gasteiger partial charge is 0.491 e. The lowest BCUT2D eigenvalue weighted by Gasteiger charge is -2.09. The Bertz CT molecular complexity index is 420. The van der Waals surface area contributed by atoms with Crippen molar-refractivity contribution in [3.05, 3.63) is 35.9 Å². The highest BCUT2D eigenvalue weighted by Crippen LogP contribution is 2.15. The maximum absolute atomic E-state index is 11.3. The quantitative estimate of drug-likeness (QED) is 0.591. The Hall–Kier alpha value is -1.77. The normalized spacial score (nSPS) is 11.2. The third kappa shape index (κ3) is 5.53. The summed E-state index contributed by atoms with van der Waals surface area (Å²) in [7, 11) is 0. The molecule has 0 aliphatic carbocycles. The van der Waals surface area contributed by atoms with Crippen molar-refractivity contribution < 1.29 is 14.3 Å². The van der Waals surface area contributed by atoms with Crippen molar-refractivity contribution in [3.8, 4) is 5.75 Å². The van der Waals surface area contributed by atoms with Gasteiger partial charge in [0.25, 0.3) is 0 Å². The third-order valence-corrected chi connectivity index (χ3v) is 1.99. The van der Waals surface area contributed by atoms with Gasteiger partial charge in [0.15, 0.2) is 0 Å². The fourth-order valence-corrected chi connectivity index (χ4v) is 1.40. The van der Waals surface area contributed by atoms with Crippen LogP contribution in [0.1, 0.15) is 33.3 Å². The summed E-state index contributed by atoms with van der Waals surface area (Å²) in [5.41, 5.74) is 0.911. The standard InChI is InChI=1S/C15H20O3/c1-11(2)17-14-7-5-6-13(10-14)8-9-15(16)18-12(3)4/h5-12H,1-4H3/b9-8+. The Morgan fingerprint density at radius 1 is 1.17 bits per heavy atom. The fraction of sp³-hybridized carbons (Fsp3) is 0.400. The molecule has 0 saturated heterocycles. The van der Waals surface area contributed by atoms with Crippen molar-refractivity contribution in [1.82, 2.24) is 0 Å². The highest BCUT2D eigenvalue weighted by Gasteiger charge is 2.01. The molecule has 1 rings (SSSR count). The van der Waals surface area contributed by atoms with Gasteiger partial charge in [-0.2, -0.15) is 0 Å². The molecule has 0 bridgehead atoms. The molecule has 0 atom stereocenters. The Morgan fingerprint density at radius 3 is 2.50 bits per heavy atom. The molecule has 0 aromatic heterocycles. The lowest BCUT2D eigenvalue weighted by atomic mass is 10.2. The molecule has 1 aromatic carbocycles. The van der Waals surface area contributed by atoms with Crippen LogP contribution in [0.15, 0.2) is 30.3 Å². The molecule has 0 saturated carbocycles. The molecule has 0 aliphatic heterocycles. The van der Waals surface area contributed by atoms with Crippen LogP contribution < -0.4 is 4.74 Å². The van der Waals surface area contributed by atoms with Gasteiger partial charge in [-0.05, 0) is 51.5 Å². The van der Waals surface area contributed by atoms with Gasteiger partial charge < -0.3 is 9.47 Å². The summed E-state index contributed by atoms with van der Waals surface area (Å²) in [6.45, 7) is 7.59. The maximum atomic E-state index is 11.3. The molecule has 3 nitrogen and oxygen atoms in total. The molecule has 0 heterocycles. The summed E-state index contributed by atoms with van der Waals surface area (Å²) in [6, 6.07) is 7.58. The average molecular weight is 248 g/mol. The number of ether oxygens (including phenoxy) is 2. The number of esters is 1. The molecular weight excluding hydrogens is 228 g/mol. The highest BCUT2D eigenvalue weighted by atomic mass is 16.5. The second-order valence-electron chi connectivity index (χ2n) is 4.56.